The molecule has 10 aromatic rings. The zero-order chi connectivity index (χ0) is 31.6. The Kier molecular flexibility index (Phi) is 6.01. The van der Waals surface area contributed by atoms with Gasteiger partial charge in [-0.1, -0.05) is 78.9 Å². The highest BCUT2D eigenvalue weighted by Gasteiger charge is 2.18. The summed E-state index contributed by atoms with van der Waals surface area (Å²) in [6.45, 7) is 0. The zero-order valence-corrected chi connectivity index (χ0v) is 26.4. The molecule has 3 aromatic heterocycles. The van der Waals surface area contributed by atoms with Crippen LogP contribution in [-0.2, 0) is 0 Å². The number of furan rings is 1. The van der Waals surface area contributed by atoms with Gasteiger partial charge in [0.25, 0.3) is 0 Å². The monoisotopic (exact) mass is 634 g/mol. The first-order valence-corrected chi connectivity index (χ1v) is 16.8. The molecule has 5 heteroatoms. The summed E-state index contributed by atoms with van der Waals surface area (Å²) in [7, 11) is 0. The minimum Gasteiger partial charge on any atom is -0.456 e. The molecule has 0 aliphatic heterocycles. The van der Waals surface area contributed by atoms with E-state index in [1.54, 1.807) is 11.3 Å². The number of hydrogen-bond donors (Lipinski definition) is 0. The summed E-state index contributed by atoms with van der Waals surface area (Å²) in [6, 6.07) is 55.1. The van der Waals surface area contributed by atoms with Crippen LogP contribution in [0.2, 0.25) is 0 Å². The maximum Gasteiger partial charge on any atom is 0.227 e. The molecular formula is C43H26N2O2S. The molecule has 0 saturated carbocycles. The third kappa shape index (κ3) is 4.33. The average molecular weight is 635 g/mol. The Bertz CT molecular complexity index is 2780. The van der Waals surface area contributed by atoms with E-state index in [1.807, 2.05) is 42.5 Å². The van der Waals surface area contributed by atoms with E-state index < -0.39 is 0 Å². The molecule has 48 heavy (non-hydrogen) atoms. The number of aromatic nitrogens is 1. The van der Waals surface area contributed by atoms with Gasteiger partial charge in [-0.2, -0.15) is 0 Å². The molecule has 0 N–H and O–H groups in total. The van der Waals surface area contributed by atoms with Crippen molar-refractivity contribution in [3.63, 3.8) is 0 Å². The summed E-state index contributed by atoms with van der Waals surface area (Å²) >= 11 is 1.79. The van der Waals surface area contributed by atoms with Gasteiger partial charge >= 0.3 is 0 Å². The van der Waals surface area contributed by atoms with Crippen LogP contribution in [0, 0.1) is 0 Å². The molecule has 3 heterocycles. The molecule has 0 unspecified atom stereocenters. The van der Waals surface area contributed by atoms with E-state index in [1.165, 1.54) is 31.3 Å². The molecule has 226 valence electrons. The van der Waals surface area contributed by atoms with E-state index in [9.17, 15) is 0 Å². The first-order valence-electron chi connectivity index (χ1n) is 15.9. The number of anilines is 3. The van der Waals surface area contributed by atoms with Crippen molar-refractivity contribution in [3.05, 3.63) is 158 Å². The zero-order valence-electron chi connectivity index (χ0n) is 25.6. The van der Waals surface area contributed by atoms with Crippen LogP contribution in [0.4, 0.5) is 17.1 Å². The van der Waals surface area contributed by atoms with E-state index in [0.717, 1.165) is 55.7 Å². The fourth-order valence-electron chi connectivity index (χ4n) is 6.86. The van der Waals surface area contributed by atoms with E-state index in [-0.39, 0.29) is 0 Å². The minimum absolute atomic E-state index is 0.645. The van der Waals surface area contributed by atoms with Crippen molar-refractivity contribution in [2.45, 2.75) is 0 Å². The minimum atomic E-state index is 0.645. The topological polar surface area (TPSA) is 42.4 Å². The molecule has 7 aromatic carbocycles. The fraction of sp³-hybridized carbons (Fsp3) is 0. The van der Waals surface area contributed by atoms with Gasteiger partial charge in [-0.05, 0) is 83.9 Å². The summed E-state index contributed by atoms with van der Waals surface area (Å²) in [5, 5.41) is 4.66. The maximum absolute atomic E-state index is 6.21. The van der Waals surface area contributed by atoms with Crippen LogP contribution in [0.5, 0.6) is 0 Å². The summed E-state index contributed by atoms with van der Waals surface area (Å²) in [4.78, 5) is 7.17. The number of thiophene rings is 1. The molecule has 0 aliphatic rings. The van der Waals surface area contributed by atoms with Crippen LogP contribution in [0.3, 0.4) is 0 Å². The largest absolute Gasteiger partial charge is 0.456 e. The number of rotatable bonds is 5. The van der Waals surface area contributed by atoms with Crippen molar-refractivity contribution < 1.29 is 8.83 Å². The van der Waals surface area contributed by atoms with Crippen LogP contribution in [-0.4, -0.2) is 4.98 Å². The highest BCUT2D eigenvalue weighted by atomic mass is 32.1. The SMILES string of the molecule is c1ccc(-c2nc3cc4c(cc3o2)sc2cccc(-c3ccc(N(c5ccccc5)c5ccc6oc7ccccc7c6c5)cc3)c24)cc1. The Morgan fingerprint density at radius 2 is 1.19 bits per heavy atom. The molecule has 0 spiro atoms. The molecule has 0 radical (unpaired) electrons. The highest BCUT2D eigenvalue weighted by molar-refractivity contribution is 7.26. The summed E-state index contributed by atoms with van der Waals surface area (Å²) in [5.41, 5.74) is 10.1. The summed E-state index contributed by atoms with van der Waals surface area (Å²) in [6.07, 6.45) is 0. The van der Waals surface area contributed by atoms with Gasteiger partial charge < -0.3 is 13.7 Å². The number of benzene rings is 7. The Balaban J connectivity index is 1.08. The van der Waals surface area contributed by atoms with Crippen LogP contribution >= 0.6 is 11.3 Å². The summed E-state index contributed by atoms with van der Waals surface area (Å²) in [5.74, 6) is 0.645. The standard InChI is InChI=1S/C43H26N2O2S/c1-3-10-28(11-4-1)43-44-36-25-35-41(26-39(36)47-43)48-40-17-9-15-32(42(35)40)27-18-20-30(21-19-27)45(29-12-5-2-6-13-29)31-22-23-38-34(24-31)33-14-7-8-16-37(33)46-38/h1-26H. The van der Waals surface area contributed by atoms with Crippen molar-refractivity contribution in [2.24, 2.45) is 0 Å². The van der Waals surface area contributed by atoms with Gasteiger partial charge in [0.1, 0.15) is 16.7 Å². The second kappa shape index (κ2) is 10.7. The lowest BCUT2D eigenvalue weighted by atomic mass is 9.99. The first-order chi connectivity index (χ1) is 23.8. The molecule has 0 bridgehead atoms. The van der Waals surface area contributed by atoms with Gasteiger partial charge in [-0.15, -0.1) is 11.3 Å². The van der Waals surface area contributed by atoms with Crippen molar-refractivity contribution in [1.82, 2.24) is 4.98 Å². The predicted octanol–water partition coefficient (Wildman–Crippen LogP) is 12.9. The van der Waals surface area contributed by atoms with E-state index in [4.69, 9.17) is 13.8 Å². The summed E-state index contributed by atoms with van der Waals surface area (Å²) < 4.78 is 14.8. The number of hydrogen-bond acceptors (Lipinski definition) is 5. The first kappa shape index (κ1) is 27.0. The van der Waals surface area contributed by atoms with Crippen LogP contribution < -0.4 is 4.90 Å². The quantitative estimate of drug-likeness (QED) is 0.189. The second-order valence-corrected chi connectivity index (χ2v) is 13.1. The third-order valence-corrected chi connectivity index (χ3v) is 10.2. The van der Waals surface area contributed by atoms with E-state index in [2.05, 4.69) is 120 Å². The molecule has 0 atom stereocenters. The van der Waals surface area contributed by atoms with Crippen molar-refractivity contribution in [2.75, 3.05) is 4.90 Å². The lowest BCUT2D eigenvalue weighted by Gasteiger charge is -2.25. The lowest BCUT2D eigenvalue weighted by Crippen LogP contribution is -2.09. The van der Waals surface area contributed by atoms with Gasteiger partial charge in [-0.25, -0.2) is 4.98 Å². The van der Waals surface area contributed by atoms with Gasteiger partial charge in [0, 0.05) is 59.6 Å². The van der Waals surface area contributed by atoms with Crippen LogP contribution in [0.25, 0.3) is 75.8 Å². The molecule has 10 rings (SSSR count). The van der Waals surface area contributed by atoms with Crippen molar-refractivity contribution >= 4 is 81.6 Å². The Morgan fingerprint density at radius 1 is 0.458 bits per heavy atom. The Labute approximate surface area is 279 Å². The highest BCUT2D eigenvalue weighted by Crippen LogP contribution is 2.43. The number of para-hydroxylation sites is 2. The second-order valence-electron chi connectivity index (χ2n) is 12.0. The van der Waals surface area contributed by atoms with Gasteiger partial charge in [0.2, 0.25) is 5.89 Å². The third-order valence-electron chi connectivity index (χ3n) is 9.10. The van der Waals surface area contributed by atoms with E-state index >= 15 is 0 Å². The van der Waals surface area contributed by atoms with Crippen molar-refractivity contribution in [1.29, 1.82) is 0 Å². The van der Waals surface area contributed by atoms with Gasteiger partial charge in [0.05, 0.1) is 0 Å². The number of fused-ring (bicyclic) bond motifs is 7. The van der Waals surface area contributed by atoms with Crippen LogP contribution in [0.15, 0.2) is 167 Å². The van der Waals surface area contributed by atoms with Crippen LogP contribution in [0.1, 0.15) is 0 Å². The van der Waals surface area contributed by atoms with E-state index in [0.29, 0.717) is 5.89 Å². The smallest absolute Gasteiger partial charge is 0.227 e. The number of oxazole rings is 1. The Morgan fingerprint density at radius 3 is 2.04 bits per heavy atom. The Hall–Kier alpha value is -6.17. The average Bonchev–Trinajstić information content (AvgIpc) is 3.84. The molecule has 4 nitrogen and oxygen atoms in total. The van der Waals surface area contributed by atoms with Gasteiger partial charge in [-0.3, -0.25) is 0 Å². The molecule has 0 aliphatic carbocycles. The molecular weight excluding hydrogens is 609 g/mol. The maximum atomic E-state index is 6.21. The molecule has 0 saturated heterocycles. The fourth-order valence-corrected chi connectivity index (χ4v) is 8.00. The normalized spacial score (nSPS) is 11.8. The number of nitrogens with zero attached hydrogens (tertiary/aromatic N) is 2. The van der Waals surface area contributed by atoms with Crippen molar-refractivity contribution in [3.8, 4) is 22.6 Å². The lowest BCUT2D eigenvalue weighted by molar-refractivity contribution is 0.620. The molecule has 0 amide bonds. The molecule has 0 fully saturated rings. The predicted molar refractivity (Wildman–Crippen MR) is 200 cm³/mol. The van der Waals surface area contributed by atoms with Gasteiger partial charge in [0.15, 0.2) is 5.58 Å².